The van der Waals surface area contributed by atoms with Crippen molar-refractivity contribution < 1.29 is 16.6 Å². The van der Waals surface area contributed by atoms with E-state index >= 15 is 0 Å². The fourth-order valence-electron chi connectivity index (χ4n) is 0.378. The van der Waals surface area contributed by atoms with E-state index in [1.807, 2.05) is 0 Å². The van der Waals surface area contributed by atoms with E-state index in [0.29, 0.717) is 0 Å². The van der Waals surface area contributed by atoms with Crippen LogP contribution in [0.5, 0.6) is 0 Å². The Bertz CT molecular complexity index is 335. The molecule has 1 aliphatic heterocycles. The number of hydrogen-bond acceptors (Lipinski definition) is 3. The molecule has 0 atom stereocenters. The van der Waals surface area contributed by atoms with E-state index in [-0.39, 0.29) is 0 Å². The van der Waals surface area contributed by atoms with Gasteiger partial charge in [-0.1, -0.05) is 0 Å². The lowest BCUT2D eigenvalue weighted by Gasteiger charge is -2.23. The second-order valence-corrected chi connectivity index (χ2v) is 2.82. The Balaban J connectivity index is 3.28. The van der Waals surface area contributed by atoms with Crippen LogP contribution in [0.4, 0.5) is 0 Å². The molecule has 0 unspecified atom stereocenters. The quantitative estimate of drug-likeness (QED) is 0.509. The molecule has 0 aromatic rings. The van der Waals surface area contributed by atoms with E-state index in [4.69, 9.17) is 14.0 Å². The zero-order valence-electron chi connectivity index (χ0n) is 9.88. The van der Waals surface area contributed by atoms with Gasteiger partial charge in [0.25, 0.3) is 0 Å². The number of hydrogen-bond donors (Lipinski definition) is 1. The van der Waals surface area contributed by atoms with Crippen molar-refractivity contribution in [1.29, 1.82) is 0 Å². The average molecular weight is 141 g/mol. The van der Waals surface area contributed by atoms with Crippen molar-refractivity contribution >= 4 is 9.84 Å². The Labute approximate surface area is 57.2 Å². The van der Waals surface area contributed by atoms with Crippen molar-refractivity contribution in [3.05, 3.63) is 0 Å². The Morgan fingerprint density at radius 1 is 1.88 bits per heavy atom. The molecular weight excluding hydrogens is 126 g/mol. The highest BCUT2D eigenvalue weighted by Gasteiger charge is 2.31. The van der Waals surface area contributed by atoms with Gasteiger partial charge in [0.1, 0.15) is 0 Å². The van der Waals surface area contributed by atoms with Crippen LogP contribution in [0.3, 0.4) is 0 Å². The molecule has 0 aromatic carbocycles. The smallest absolute Gasteiger partial charge is 0.151 e. The monoisotopic (exact) mass is 141 g/mol. The second-order valence-electron chi connectivity index (χ2n) is 1.34. The van der Waals surface area contributed by atoms with Crippen LogP contribution in [0.2, 0.25) is 0 Å². The first-order valence-corrected chi connectivity index (χ1v) is 3.38. The molecule has 4 heteroatoms. The van der Waals surface area contributed by atoms with Crippen molar-refractivity contribution in [3.63, 3.8) is 0 Å². The highest BCUT2D eigenvalue weighted by atomic mass is 32.2. The normalized spacial score (nSPS) is 52.6. The van der Waals surface area contributed by atoms with Crippen molar-refractivity contribution in [2.24, 2.45) is 11.7 Å². The van der Waals surface area contributed by atoms with Crippen LogP contribution < -0.4 is 5.73 Å². The largest absolute Gasteiger partial charge is 0.330 e. The molecule has 1 aliphatic rings. The zero-order valence-corrected chi connectivity index (χ0v) is 4.70. The molecule has 48 valence electrons. The molecule has 1 rings (SSSR count). The van der Waals surface area contributed by atoms with Crippen LogP contribution in [0.1, 0.15) is 8.22 Å². The second kappa shape index (κ2) is 1.70. The third-order valence-corrected chi connectivity index (χ3v) is 1.80. The van der Waals surface area contributed by atoms with Gasteiger partial charge in [-0.15, -0.1) is 0 Å². The third-order valence-electron chi connectivity index (χ3n) is 0.713. The Kier molecular flexibility index (Phi) is 0.415. The summed E-state index contributed by atoms with van der Waals surface area (Å²) in [7, 11) is -4.62. The van der Waals surface area contributed by atoms with Crippen LogP contribution in [0.25, 0.3) is 0 Å². The van der Waals surface area contributed by atoms with Gasteiger partial charge in [-0.3, -0.25) is 0 Å². The topological polar surface area (TPSA) is 60.2 Å². The minimum Gasteiger partial charge on any atom is -0.330 e. The maximum absolute atomic E-state index is 11.1. The van der Waals surface area contributed by atoms with Crippen molar-refractivity contribution in [1.82, 2.24) is 0 Å². The summed E-state index contributed by atoms with van der Waals surface area (Å²) in [5.74, 6) is -2.01. The van der Waals surface area contributed by atoms with E-state index in [0.717, 1.165) is 0 Å². The molecule has 1 saturated heterocycles. The summed E-state index contributed by atoms with van der Waals surface area (Å²) in [6.45, 7) is -2.71. The molecule has 2 N–H and O–H groups in total. The summed E-state index contributed by atoms with van der Waals surface area (Å²) in [4.78, 5) is 0. The third kappa shape index (κ3) is 1.00. The van der Waals surface area contributed by atoms with Gasteiger partial charge in [0.15, 0.2) is 9.84 Å². The number of sulfone groups is 1. The molecule has 0 amide bonds. The van der Waals surface area contributed by atoms with Gasteiger partial charge in [-0.05, 0) is 12.4 Å². The predicted molar refractivity (Wildman–Crippen MR) is 31.2 cm³/mol. The summed E-state index contributed by atoms with van der Waals surface area (Å²) >= 11 is 0. The van der Waals surface area contributed by atoms with Crippen molar-refractivity contribution in [2.45, 2.75) is 0 Å². The average Bonchev–Trinajstić information content (AvgIpc) is 1.79. The minimum atomic E-state index is -4.62. The number of nitrogens with two attached hydrogens (primary N) is 1. The van der Waals surface area contributed by atoms with Gasteiger partial charge < -0.3 is 5.73 Å². The molecule has 0 aliphatic carbocycles. The van der Waals surface area contributed by atoms with Crippen LogP contribution in [0, 0.1) is 5.92 Å². The first-order chi connectivity index (χ1) is 5.87. The molecule has 8 heavy (non-hydrogen) atoms. The summed E-state index contributed by atoms with van der Waals surface area (Å²) < 4.78 is 64.3. The van der Waals surface area contributed by atoms with Crippen molar-refractivity contribution in [3.8, 4) is 0 Å². The Morgan fingerprint density at radius 2 is 2.38 bits per heavy atom. The predicted octanol–water partition coefficient (Wildman–Crippen LogP) is -1.01. The molecule has 3 nitrogen and oxygen atoms in total. The molecule has 0 aromatic heterocycles. The fraction of sp³-hybridized carbons (Fsp3) is 1.00. The fourth-order valence-corrected chi connectivity index (χ4v) is 1.14. The maximum atomic E-state index is 11.1. The van der Waals surface area contributed by atoms with Crippen LogP contribution in [-0.2, 0) is 9.84 Å². The van der Waals surface area contributed by atoms with Gasteiger partial charge in [-0.25, -0.2) is 8.42 Å². The molecule has 1 heterocycles. The van der Waals surface area contributed by atoms with Gasteiger partial charge in [0.05, 0.1) is 11.4 Å². The molecule has 0 saturated carbocycles. The van der Waals surface area contributed by atoms with E-state index in [1.165, 1.54) is 0 Å². The molecule has 0 spiro atoms. The molecule has 0 radical (unpaired) electrons. The van der Waals surface area contributed by atoms with Gasteiger partial charge >= 0.3 is 0 Å². The molecule has 1 fully saturated rings. The first kappa shape index (κ1) is 1.95. The Hall–Kier alpha value is -0.0900. The van der Waals surface area contributed by atoms with Gasteiger partial charge in [0, 0.05) is 8.22 Å². The summed E-state index contributed by atoms with van der Waals surface area (Å²) in [5.41, 5.74) is -0.997. The lowest BCUT2D eigenvalue weighted by atomic mass is 10.2. The summed E-state index contributed by atoms with van der Waals surface area (Å²) in [6.07, 6.45) is 0. The van der Waals surface area contributed by atoms with Crippen LogP contribution >= 0.6 is 0 Å². The molecular formula is C4H9NO2S. The van der Waals surface area contributed by atoms with Gasteiger partial charge in [0.2, 0.25) is 0 Å². The van der Waals surface area contributed by atoms with E-state index in [1.54, 1.807) is 0 Å². The highest BCUT2D eigenvalue weighted by molar-refractivity contribution is 7.92. The Morgan fingerprint density at radius 3 is 2.62 bits per heavy atom. The van der Waals surface area contributed by atoms with E-state index in [2.05, 4.69) is 0 Å². The van der Waals surface area contributed by atoms with Crippen LogP contribution in [-0.4, -0.2) is 26.3 Å². The lowest BCUT2D eigenvalue weighted by molar-refractivity contribution is 0.526. The summed E-state index contributed by atoms with van der Waals surface area (Å²) in [5, 5.41) is 0. The molecule has 0 bridgehead atoms. The minimum absolute atomic E-state index is 2.01. The maximum Gasteiger partial charge on any atom is 0.151 e. The first-order valence-electron chi connectivity index (χ1n) is 4.90. The van der Waals surface area contributed by atoms with Crippen LogP contribution in [0.15, 0.2) is 0 Å². The lowest BCUT2D eigenvalue weighted by Crippen LogP contribution is -2.40. The van der Waals surface area contributed by atoms with E-state index < -0.39 is 33.7 Å². The number of rotatable bonds is 1. The standard InChI is InChI=1S/C4H9NO2S/c5-1-4-2-8(6,7)3-4/h4H,1-3,5H2/i1D2,2D2,3D2. The SMILES string of the molecule is [2H]C([2H])(N)C1C([2H])([2H])S(=O)(=O)C1([2H])[2H]. The highest BCUT2D eigenvalue weighted by Crippen LogP contribution is 2.15. The van der Waals surface area contributed by atoms with Crippen molar-refractivity contribution in [2.75, 3.05) is 17.9 Å². The summed E-state index contributed by atoms with van der Waals surface area (Å²) in [6, 6.07) is 0. The van der Waals surface area contributed by atoms with Gasteiger partial charge in [-0.2, -0.15) is 0 Å². The zero-order chi connectivity index (χ0) is 11.6. The van der Waals surface area contributed by atoms with E-state index in [9.17, 15) is 8.42 Å².